The minimum absolute atomic E-state index is 0.0153. The van der Waals surface area contributed by atoms with E-state index < -0.39 is 10.0 Å². The van der Waals surface area contributed by atoms with Gasteiger partial charge in [0.05, 0.1) is 6.20 Å². The second-order valence-electron chi connectivity index (χ2n) is 3.78. The molecule has 2 rings (SSSR count). The van der Waals surface area contributed by atoms with Crippen LogP contribution in [0, 0.1) is 0 Å². The zero-order chi connectivity index (χ0) is 13.9. The van der Waals surface area contributed by atoms with Gasteiger partial charge in [-0.2, -0.15) is 13.5 Å². The number of nitrogens with one attached hydrogen (secondary N) is 3. The SMILES string of the molecule is CC(=O)Nc1ccc(NS(=O)(=O)c2ccn[nH]2)cc1. The molecule has 0 saturated carbocycles. The summed E-state index contributed by atoms with van der Waals surface area (Å²) in [4.78, 5) is 10.8. The van der Waals surface area contributed by atoms with E-state index in [9.17, 15) is 13.2 Å². The summed E-state index contributed by atoms with van der Waals surface area (Å²) in [6.45, 7) is 1.40. The van der Waals surface area contributed by atoms with Gasteiger partial charge >= 0.3 is 0 Å². The minimum Gasteiger partial charge on any atom is -0.326 e. The van der Waals surface area contributed by atoms with Crippen molar-refractivity contribution < 1.29 is 13.2 Å². The minimum atomic E-state index is -3.66. The summed E-state index contributed by atoms with van der Waals surface area (Å²) >= 11 is 0. The van der Waals surface area contributed by atoms with E-state index in [4.69, 9.17) is 0 Å². The van der Waals surface area contributed by atoms with Gasteiger partial charge in [-0.1, -0.05) is 0 Å². The molecule has 0 unspecified atom stereocenters. The van der Waals surface area contributed by atoms with E-state index in [0.717, 1.165) is 0 Å². The molecule has 0 bridgehead atoms. The van der Waals surface area contributed by atoms with Crippen molar-refractivity contribution >= 4 is 27.3 Å². The van der Waals surface area contributed by atoms with Gasteiger partial charge in [0.2, 0.25) is 5.91 Å². The van der Waals surface area contributed by atoms with E-state index in [0.29, 0.717) is 11.4 Å². The van der Waals surface area contributed by atoms with E-state index in [2.05, 4.69) is 20.2 Å². The lowest BCUT2D eigenvalue weighted by Crippen LogP contribution is -2.13. The summed E-state index contributed by atoms with van der Waals surface area (Å²) < 4.78 is 26.1. The number of hydrogen-bond acceptors (Lipinski definition) is 4. The molecule has 0 aliphatic carbocycles. The third-order valence-corrected chi connectivity index (χ3v) is 3.53. The van der Waals surface area contributed by atoms with E-state index in [1.54, 1.807) is 24.3 Å². The number of nitrogens with zero attached hydrogens (tertiary/aromatic N) is 1. The fourth-order valence-electron chi connectivity index (χ4n) is 1.43. The van der Waals surface area contributed by atoms with Crippen LogP contribution in [0.25, 0.3) is 0 Å². The van der Waals surface area contributed by atoms with Crippen molar-refractivity contribution in [2.75, 3.05) is 10.0 Å². The normalized spacial score (nSPS) is 11.0. The lowest BCUT2D eigenvalue weighted by Gasteiger charge is -2.07. The molecule has 19 heavy (non-hydrogen) atoms. The van der Waals surface area contributed by atoms with Crippen molar-refractivity contribution in [3.8, 4) is 0 Å². The summed E-state index contributed by atoms with van der Waals surface area (Å²) in [7, 11) is -3.66. The number of anilines is 2. The third-order valence-electron chi connectivity index (χ3n) is 2.22. The van der Waals surface area contributed by atoms with Gasteiger partial charge < -0.3 is 5.32 Å². The summed E-state index contributed by atoms with van der Waals surface area (Å²) in [6, 6.07) is 7.67. The second-order valence-corrected chi connectivity index (χ2v) is 5.44. The summed E-state index contributed by atoms with van der Waals surface area (Å²) in [5.41, 5.74) is 0.987. The molecular weight excluding hydrogens is 268 g/mol. The van der Waals surface area contributed by atoms with Gasteiger partial charge in [0.25, 0.3) is 10.0 Å². The molecule has 1 heterocycles. The van der Waals surface area contributed by atoms with Crippen LogP contribution in [0.4, 0.5) is 11.4 Å². The van der Waals surface area contributed by atoms with Crippen molar-refractivity contribution in [3.63, 3.8) is 0 Å². The Labute approximate surface area is 110 Å². The first kappa shape index (κ1) is 13.1. The molecule has 2 aromatic rings. The number of aromatic amines is 1. The Kier molecular flexibility index (Phi) is 3.52. The first-order valence-corrected chi connectivity index (χ1v) is 6.85. The maximum atomic E-state index is 11.9. The molecule has 0 aliphatic rings. The Hall–Kier alpha value is -2.35. The van der Waals surface area contributed by atoms with Crippen LogP contribution in [-0.2, 0) is 14.8 Å². The predicted molar refractivity (Wildman–Crippen MR) is 70.1 cm³/mol. The molecule has 1 aromatic heterocycles. The van der Waals surface area contributed by atoms with Gasteiger partial charge in [-0.3, -0.25) is 14.6 Å². The lowest BCUT2D eigenvalue weighted by atomic mass is 10.3. The maximum Gasteiger partial charge on any atom is 0.278 e. The predicted octanol–water partition coefficient (Wildman–Crippen LogP) is 1.17. The third kappa shape index (κ3) is 3.32. The highest BCUT2D eigenvalue weighted by Crippen LogP contribution is 2.17. The van der Waals surface area contributed by atoms with Crippen molar-refractivity contribution in [3.05, 3.63) is 36.5 Å². The van der Waals surface area contributed by atoms with Gasteiger partial charge in [-0.25, -0.2) is 0 Å². The highest BCUT2D eigenvalue weighted by atomic mass is 32.2. The Morgan fingerprint density at radius 3 is 2.32 bits per heavy atom. The number of carbonyl (C=O) groups excluding carboxylic acids is 1. The second kappa shape index (κ2) is 5.11. The number of hydrogen-bond donors (Lipinski definition) is 3. The van der Waals surface area contributed by atoms with Crippen LogP contribution in [0.3, 0.4) is 0 Å². The number of rotatable bonds is 4. The van der Waals surface area contributed by atoms with E-state index in [-0.39, 0.29) is 10.9 Å². The summed E-state index contributed by atoms with van der Waals surface area (Å²) in [6.07, 6.45) is 1.36. The monoisotopic (exact) mass is 280 g/mol. The topological polar surface area (TPSA) is 104 Å². The molecule has 0 saturated heterocycles. The fourth-order valence-corrected chi connectivity index (χ4v) is 2.40. The Balaban J connectivity index is 2.14. The van der Waals surface area contributed by atoms with Gasteiger partial charge in [0, 0.05) is 18.3 Å². The van der Waals surface area contributed by atoms with Crippen molar-refractivity contribution in [2.45, 2.75) is 11.9 Å². The smallest absolute Gasteiger partial charge is 0.278 e. The Morgan fingerprint density at radius 1 is 1.16 bits per heavy atom. The van der Waals surface area contributed by atoms with Crippen molar-refractivity contribution in [2.24, 2.45) is 0 Å². The van der Waals surface area contributed by atoms with Crippen LogP contribution >= 0.6 is 0 Å². The standard InChI is InChI=1S/C11H12N4O3S/c1-8(16)13-9-2-4-10(5-3-9)15-19(17,18)11-6-7-12-14-11/h2-7,15H,1H3,(H,12,14)(H,13,16). The Morgan fingerprint density at radius 2 is 1.79 bits per heavy atom. The molecule has 0 spiro atoms. The molecule has 100 valence electrons. The summed E-state index contributed by atoms with van der Waals surface area (Å²) in [5, 5.41) is 8.54. The molecule has 8 heteroatoms. The largest absolute Gasteiger partial charge is 0.326 e. The van der Waals surface area contributed by atoms with E-state index >= 15 is 0 Å². The first-order chi connectivity index (χ1) is 8.97. The number of H-pyrrole nitrogens is 1. The van der Waals surface area contributed by atoms with Gasteiger partial charge in [-0.05, 0) is 30.3 Å². The molecule has 7 nitrogen and oxygen atoms in total. The van der Waals surface area contributed by atoms with Crippen LogP contribution in [0.15, 0.2) is 41.6 Å². The molecule has 0 aliphatic heterocycles. The average molecular weight is 280 g/mol. The number of carbonyl (C=O) groups is 1. The van der Waals surface area contributed by atoms with E-state index in [1.807, 2.05) is 0 Å². The average Bonchev–Trinajstić information content (AvgIpc) is 2.85. The maximum absolute atomic E-state index is 11.9. The zero-order valence-electron chi connectivity index (χ0n) is 10.0. The summed E-state index contributed by atoms with van der Waals surface area (Å²) in [5.74, 6) is -0.189. The van der Waals surface area contributed by atoms with Crippen LogP contribution in [0.2, 0.25) is 0 Å². The van der Waals surface area contributed by atoms with Crippen LogP contribution < -0.4 is 10.0 Å². The van der Waals surface area contributed by atoms with Crippen LogP contribution in [0.1, 0.15) is 6.92 Å². The molecule has 0 radical (unpaired) electrons. The van der Waals surface area contributed by atoms with Crippen molar-refractivity contribution in [1.82, 2.24) is 10.2 Å². The zero-order valence-corrected chi connectivity index (χ0v) is 10.9. The molecular formula is C11H12N4O3S. The van der Waals surface area contributed by atoms with Gasteiger partial charge in [0.15, 0.2) is 5.03 Å². The Bertz CT molecular complexity index is 662. The number of aromatic nitrogens is 2. The quantitative estimate of drug-likeness (QED) is 0.781. The number of sulfonamides is 1. The molecule has 1 amide bonds. The van der Waals surface area contributed by atoms with E-state index in [1.165, 1.54) is 19.2 Å². The fraction of sp³-hybridized carbons (Fsp3) is 0.0909. The molecule has 0 atom stereocenters. The highest BCUT2D eigenvalue weighted by molar-refractivity contribution is 7.92. The molecule has 0 fully saturated rings. The highest BCUT2D eigenvalue weighted by Gasteiger charge is 2.15. The number of amides is 1. The lowest BCUT2D eigenvalue weighted by molar-refractivity contribution is -0.114. The van der Waals surface area contributed by atoms with Crippen LogP contribution in [-0.4, -0.2) is 24.5 Å². The van der Waals surface area contributed by atoms with Crippen molar-refractivity contribution in [1.29, 1.82) is 0 Å². The molecule has 1 aromatic carbocycles. The molecule has 3 N–H and O–H groups in total. The van der Waals surface area contributed by atoms with Crippen LogP contribution in [0.5, 0.6) is 0 Å². The van der Waals surface area contributed by atoms with Gasteiger partial charge in [-0.15, -0.1) is 0 Å². The van der Waals surface area contributed by atoms with Gasteiger partial charge in [0.1, 0.15) is 0 Å². The number of benzene rings is 1. The first-order valence-electron chi connectivity index (χ1n) is 5.37.